The number of rotatable bonds is 8. The van der Waals surface area contributed by atoms with Gasteiger partial charge in [0.15, 0.2) is 5.82 Å². The maximum absolute atomic E-state index is 14.5. The van der Waals surface area contributed by atoms with Crippen LogP contribution in [-0.4, -0.2) is 61.3 Å². The summed E-state index contributed by atoms with van der Waals surface area (Å²) in [5.41, 5.74) is -1.61. The number of para-hydroxylation sites is 1. The van der Waals surface area contributed by atoms with E-state index in [0.717, 1.165) is 15.8 Å². The number of benzene rings is 1. The van der Waals surface area contributed by atoms with E-state index < -0.39 is 42.5 Å². The third kappa shape index (κ3) is 5.75. The van der Waals surface area contributed by atoms with Crippen molar-refractivity contribution in [1.82, 2.24) is 29.9 Å². The molecule has 1 N–H and O–H groups in total. The summed E-state index contributed by atoms with van der Waals surface area (Å²) in [6, 6.07) is 2.66. The van der Waals surface area contributed by atoms with Crippen LogP contribution < -0.4 is 5.32 Å². The molecule has 14 heteroatoms. The van der Waals surface area contributed by atoms with Gasteiger partial charge in [0.2, 0.25) is 5.95 Å². The molecule has 0 aliphatic rings. The Balaban J connectivity index is 1.81. The first-order chi connectivity index (χ1) is 15.6. The van der Waals surface area contributed by atoms with Crippen molar-refractivity contribution in [2.24, 2.45) is 0 Å². The molecule has 1 amide bonds. The Morgan fingerprint density at radius 2 is 1.79 bits per heavy atom. The number of hydrogen-bond acceptors (Lipinski definition) is 6. The minimum absolute atomic E-state index is 0.172. The molecule has 0 aliphatic carbocycles. The summed E-state index contributed by atoms with van der Waals surface area (Å²) in [5, 5.41) is 10.2. The number of anilines is 1. The molecule has 1 atom stereocenters. The lowest BCUT2D eigenvalue weighted by atomic mass is 10.1. The molecule has 0 radical (unpaired) electrons. The van der Waals surface area contributed by atoms with Crippen LogP contribution in [0.4, 0.5) is 32.3 Å². The van der Waals surface area contributed by atoms with Gasteiger partial charge in [-0.2, -0.15) is 23.4 Å². The maximum Gasteiger partial charge on any atom is 0.419 e. The maximum atomic E-state index is 14.5. The van der Waals surface area contributed by atoms with E-state index in [1.807, 2.05) is 0 Å². The molecule has 176 valence electrons. The second kappa shape index (κ2) is 9.83. The molecule has 0 bridgehead atoms. The molecule has 33 heavy (non-hydrogen) atoms. The van der Waals surface area contributed by atoms with Crippen molar-refractivity contribution in [1.29, 1.82) is 0 Å². The third-order valence-electron chi connectivity index (χ3n) is 4.50. The zero-order valence-electron chi connectivity index (χ0n) is 17.0. The number of halogens is 6. The number of amides is 1. The SMILES string of the molecule is C[C@@H](CNc1ncc(C(F)(F)F)cn1)N(CC(F)F)C(=O)c1cccc(F)c1-n1nccn1. The Kier molecular flexibility index (Phi) is 7.13. The Hall–Kier alpha value is -3.71. The van der Waals surface area contributed by atoms with Crippen molar-refractivity contribution in [3.05, 3.63) is 59.9 Å². The van der Waals surface area contributed by atoms with Crippen LogP contribution in [0.2, 0.25) is 0 Å². The van der Waals surface area contributed by atoms with E-state index in [1.165, 1.54) is 31.5 Å². The monoisotopic (exact) mass is 473 g/mol. The first kappa shape index (κ1) is 23.9. The topological polar surface area (TPSA) is 88.8 Å². The molecule has 0 aliphatic heterocycles. The number of aromatic nitrogens is 5. The third-order valence-corrected chi connectivity index (χ3v) is 4.50. The van der Waals surface area contributed by atoms with Gasteiger partial charge in [-0.25, -0.2) is 23.1 Å². The highest BCUT2D eigenvalue weighted by Crippen LogP contribution is 2.28. The Labute approximate surface area is 183 Å². The van der Waals surface area contributed by atoms with E-state index in [1.54, 1.807) is 0 Å². The van der Waals surface area contributed by atoms with E-state index >= 15 is 0 Å². The zero-order valence-corrected chi connectivity index (χ0v) is 17.0. The smallest absolute Gasteiger partial charge is 0.352 e. The fourth-order valence-electron chi connectivity index (χ4n) is 2.90. The zero-order chi connectivity index (χ0) is 24.2. The number of nitrogens with one attached hydrogen (secondary N) is 1. The largest absolute Gasteiger partial charge is 0.419 e. The highest BCUT2D eigenvalue weighted by atomic mass is 19.4. The van der Waals surface area contributed by atoms with Gasteiger partial charge < -0.3 is 10.2 Å². The summed E-state index contributed by atoms with van der Waals surface area (Å²) < 4.78 is 78.8. The van der Waals surface area contributed by atoms with Gasteiger partial charge in [-0.15, -0.1) is 4.80 Å². The minimum atomic E-state index is -4.61. The number of carbonyl (C=O) groups is 1. The summed E-state index contributed by atoms with van der Waals surface area (Å²) in [4.78, 5) is 21.9. The van der Waals surface area contributed by atoms with Crippen LogP contribution in [0.5, 0.6) is 0 Å². The van der Waals surface area contributed by atoms with Crippen molar-refractivity contribution < 1.29 is 31.1 Å². The first-order valence-electron chi connectivity index (χ1n) is 9.45. The van der Waals surface area contributed by atoms with E-state index in [0.29, 0.717) is 12.4 Å². The molecule has 8 nitrogen and oxygen atoms in total. The quantitative estimate of drug-likeness (QED) is 0.505. The standard InChI is InChI=1S/C19H17F6N7O/c1-11(7-26-18-27-8-12(9-28-18)19(23,24)25)31(10-15(21)22)17(33)13-3-2-4-14(20)16(13)32-29-5-6-30-32/h2-6,8-9,11,15H,7,10H2,1H3,(H,26,27,28)/t11-/m0/s1. The van der Waals surface area contributed by atoms with Gasteiger partial charge >= 0.3 is 6.18 Å². The summed E-state index contributed by atoms with van der Waals surface area (Å²) in [6.07, 6.45) is -3.87. The highest BCUT2D eigenvalue weighted by molar-refractivity contribution is 5.98. The molecule has 0 spiro atoms. The number of carbonyl (C=O) groups excluding carboxylic acids is 1. The van der Waals surface area contributed by atoms with Crippen molar-refractivity contribution >= 4 is 11.9 Å². The second-order valence-electron chi connectivity index (χ2n) is 6.83. The van der Waals surface area contributed by atoms with Gasteiger partial charge in [0.05, 0.1) is 30.1 Å². The van der Waals surface area contributed by atoms with Crippen molar-refractivity contribution in [2.75, 3.05) is 18.4 Å². The van der Waals surface area contributed by atoms with Gasteiger partial charge in [0.25, 0.3) is 12.3 Å². The van der Waals surface area contributed by atoms with Crippen LogP contribution >= 0.6 is 0 Å². The van der Waals surface area contributed by atoms with E-state index in [-0.39, 0.29) is 23.7 Å². The van der Waals surface area contributed by atoms with Crippen molar-refractivity contribution in [2.45, 2.75) is 25.6 Å². The molecule has 0 unspecified atom stereocenters. The number of nitrogens with zero attached hydrogens (tertiary/aromatic N) is 6. The van der Waals surface area contributed by atoms with Crippen LogP contribution in [-0.2, 0) is 6.18 Å². The average molecular weight is 473 g/mol. The fraction of sp³-hybridized carbons (Fsp3) is 0.316. The Bertz CT molecular complexity index is 1070. The van der Waals surface area contributed by atoms with Gasteiger partial charge in [-0.1, -0.05) is 6.07 Å². The van der Waals surface area contributed by atoms with Gasteiger partial charge in [-0.05, 0) is 19.1 Å². The first-order valence-corrected chi connectivity index (χ1v) is 9.45. The summed E-state index contributed by atoms with van der Waals surface area (Å²) >= 11 is 0. The molecule has 1 aromatic carbocycles. The van der Waals surface area contributed by atoms with Crippen molar-refractivity contribution in [3.63, 3.8) is 0 Å². The minimum Gasteiger partial charge on any atom is -0.352 e. The molecular formula is C19H17F6N7O. The molecule has 0 saturated carbocycles. The van der Waals surface area contributed by atoms with Crippen LogP contribution in [0.1, 0.15) is 22.8 Å². The summed E-state index contributed by atoms with van der Waals surface area (Å²) in [7, 11) is 0. The number of alkyl halides is 5. The van der Waals surface area contributed by atoms with Crippen LogP contribution in [0.15, 0.2) is 43.0 Å². The fourth-order valence-corrected chi connectivity index (χ4v) is 2.90. The molecule has 2 aromatic heterocycles. The molecule has 3 rings (SSSR count). The summed E-state index contributed by atoms with van der Waals surface area (Å²) in [6.45, 7) is 0.287. The lowest BCUT2D eigenvalue weighted by Crippen LogP contribution is -2.45. The molecule has 3 aromatic rings. The second-order valence-corrected chi connectivity index (χ2v) is 6.83. The lowest BCUT2D eigenvalue weighted by Gasteiger charge is -2.30. The van der Waals surface area contributed by atoms with Gasteiger partial charge in [-0.3, -0.25) is 4.79 Å². The van der Waals surface area contributed by atoms with Crippen LogP contribution in [0.25, 0.3) is 5.69 Å². The van der Waals surface area contributed by atoms with Crippen LogP contribution in [0, 0.1) is 5.82 Å². The predicted molar refractivity (Wildman–Crippen MR) is 103 cm³/mol. The average Bonchev–Trinajstić information content (AvgIpc) is 3.29. The highest BCUT2D eigenvalue weighted by Gasteiger charge is 2.32. The van der Waals surface area contributed by atoms with Gasteiger partial charge in [0, 0.05) is 25.0 Å². The molecule has 2 heterocycles. The van der Waals surface area contributed by atoms with Crippen molar-refractivity contribution in [3.8, 4) is 5.69 Å². The predicted octanol–water partition coefficient (Wildman–Crippen LogP) is 3.42. The van der Waals surface area contributed by atoms with E-state index in [9.17, 15) is 31.1 Å². The number of hydrogen-bond donors (Lipinski definition) is 1. The van der Waals surface area contributed by atoms with Gasteiger partial charge in [0.1, 0.15) is 5.69 Å². The molecule has 0 saturated heterocycles. The Morgan fingerprint density at radius 3 is 2.36 bits per heavy atom. The molecular weight excluding hydrogens is 456 g/mol. The summed E-state index contributed by atoms with van der Waals surface area (Å²) in [5.74, 6) is -1.94. The van der Waals surface area contributed by atoms with E-state index in [2.05, 4.69) is 25.5 Å². The van der Waals surface area contributed by atoms with E-state index in [4.69, 9.17) is 0 Å². The lowest BCUT2D eigenvalue weighted by molar-refractivity contribution is -0.138. The normalized spacial score (nSPS) is 12.6. The molecule has 0 fully saturated rings. The Morgan fingerprint density at radius 1 is 1.15 bits per heavy atom. The van der Waals surface area contributed by atoms with Crippen LogP contribution in [0.3, 0.4) is 0 Å².